The summed E-state index contributed by atoms with van der Waals surface area (Å²) < 4.78 is 0. The minimum Gasteiger partial charge on any atom is -0.506 e. The standard InChI is InChI=1S/C18H16Cl2N4O3S/c1-8(2)28-18-22-12-4-3-9(6-13(12)23-18)17(27)24-21-7-10-5-11(19)16(26)14(20)15(10)25/h3-8,25-26H,1-2H3,(H,22,23)(H,24,27)/b21-7-. The van der Waals surface area contributed by atoms with Crippen LogP contribution >= 0.6 is 35.0 Å². The Labute approximate surface area is 174 Å². The van der Waals surface area contributed by atoms with Crippen LogP contribution < -0.4 is 5.43 Å². The molecule has 1 heterocycles. The van der Waals surface area contributed by atoms with Crippen molar-refractivity contribution < 1.29 is 15.0 Å². The molecule has 0 aliphatic carbocycles. The first-order valence-corrected chi connectivity index (χ1v) is 9.79. The summed E-state index contributed by atoms with van der Waals surface area (Å²) in [6.45, 7) is 4.14. The topological polar surface area (TPSA) is 111 Å². The molecular weight excluding hydrogens is 423 g/mol. The zero-order chi connectivity index (χ0) is 20.4. The fourth-order valence-corrected chi connectivity index (χ4v) is 3.58. The molecule has 28 heavy (non-hydrogen) atoms. The number of halogens is 2. The molecule has 0 radical (unpaired) electrons. The number of phenols is 2. The zero-order valence-corrected chi connectivity index (χ0v) is 17.2. The molecule has 0 unspecified atom stereocenters. The number of thioether (sulfide) groups is 1. The molecule has 2 aromatic carbocycles. The largest absolute Gasteiger partial charge is 0.506 e. The SMILES string of the molecule is CC(C)Sc1nc2ccc(C(=O)N/N=C\c3cc(Cl)c(O)c(Cl)c3O)cc2[nH]1. The summed E-state index contributed by atoms with van der Waals surface area (Å²) in [6.07, 6.45) is 1.18. The molecular formula is C18H16Cl2N4O3S. The summed E-state index contributed by atoms with van der Waals surface area (Å²) in [5.74, 6) is -1.26. The van der Waals surface area contributed by atoms with Crippen LogP contribution in [-0.4, -0.2) is 37.6 Å². The lowest BCUT2D eigenvalue weighted by molar-refractivity contribution is 0.0955. The Balaban J connectivity index is 1.75. The highest BCUT2D eigenvalue weighted by Crippen LogP contribution is 2.40. The fraction of sp³-hybridized carbons (Fsp3) is 0.167. The number of fused-ring (bicyclic) bond motifs is 1. The summed E-state index contributed by atoms with van der Waals surface area (Å²) in [5, 5.41) is 24.1. The minimum atomic E-state index is -0.443. The molecule has 0 aliphatic rings. The van der Waals surface area contributed by atoms with Gasteiger partial charge in [-0.25, -0.2) is 10.4 Å². The highest BCUT2D eigenvalue weighted by Gasteiger charge is 2.14. The maximum absolute atomic E-state index is 12.3. The molecule has 3 rings (SSSR count). The van der Waals surface area contributed by atoms with Crippen LogP contribution in [0, 0.1) is 0 Å². The first-order valence-electron chi connectivity index (χ1n) is 8.16. The van der Waals surface area contributed by atoms with E-state index in [1.807, 2.05) is 0 Å². The Kier molecular flexibility index (Phi) is 6.02. The lowest BCUT2D eigenvalue weighted by Crippen LogP contribution is -2.17. The number of amides is 1. The van der Waals surface area contributed by atoms with Gasteiger partial charge in [0.25, 0.3) is 5.91 Å². The minimum absolute atomic E-state index is 0.0460. The first kappa shape index (κ1) is 20.3. The lowest BCUT2D eigenvalue weighted by atomic mass is 10.2. The molecule has 0 fully saturated rings. The second-order valence-corrected chi connectivity index (χ2v) is 8.45. The van der Waals surface area contributed by atoms with E-state index in [0.717, 1.165) is 16.2 Å². The van der Waals surface area contributed by atoms with Crippen LogP contribution in [0.2, 0.25) is 10.0 Å². The molecule has 1 aromatic heterocycles. The number of aromatic nitrogens is 2. The van der Waals surface area contributed by atoms with Crippen LogP contribution in [0.15, 0.2) is 34.5 Å². The Morgan fingerprint density at radius 1 is 1.29 bits per heavy atom. The first-order chi connectivity index (χ1) is 13.3. The molecule has 0 bridgehead atoms. The van der Waals surface area contributed by atoms with Crippen molar-refractivity contribution in [3.63, 3.8) is 0 Å². The van der Waals surface area contributed by atoms with Gasteiger partial charge in [-0.15, -0.1) is 0 Å². The van der Waals surface area contributed by atoms with Gasteiger partial charge in [-0.05, 0) is 24.3 Å². The summed E-state index contributed by atoms with van der Waals surface area (Å²) >= 11 is 13.2. The number of hydrogen-bond acceptors (Lipinski definition) is 6. The molecule has 0 saturated carbocycles. The molecule has 7 nitrogen and oxygen atoms in total. The average molecular weight is 439 g/mol. The molecule has 1 amide bonds. The van der Waals surface area contributed by atoms with Gasteiger partial charge in [0.1, 0.15) is 10.8 Å². The number of H-pyrrole nitrogens is 1. The quantitative estimate of drug-likeness (QED) is 0.265. The Morgan fingerprint density at radius 3 is 2.75 bits per heavy atom. The smallest absolute Gasteiger partial charge is 0.271 e. The molecule has 0 aliphatic heterocycles. The highest BCUT2D eigenvalue weighted by atomic mass is 35.5. The van der Waals surface area contributed by atoms with E-state index in [0.29, 0.717) is 10.8 Å². The predicted molar refractivity (Wildman–Crippen MR) is 112 cm³/mol. The van der Waals surface area contributed by atoms with E-state index in [-0.39, 0.29) is 15.6 Å². The van der Waals surface area contributed by atoms with Gasteiger partial charge in [0, 0.05) is 16.4 Å². The summed E-state index contributed by atoms with van der Waals surface area (Å²) in [6, 6.07) is 6.35. The van der Waals surface area contributed by atoms with Gasteiger partial charge in [-0.1, -0.05) is 48.8 Å². The van der Waals surface area contributed by atoms with Crippen molar-refractivity contribution in [2.45, 2.75) is 24.3 Å². The van der Waals surface area contributed by atoms with Crippen molar-refractivity contribution in [2.75, 3.05) is 0 Å². The van der Waals surface area contributed by atoms with Gasteiger partial charge in [-0.3, -0.25) is 4.79 Å². The number of aromatic amines is 1. The van der Waals surface area contributed by atoms with Gasteiger partial charge < -0.3 is 15.2 Å². The number of nitrogens with zero attached hydrogens (tertiary/aromatic N) is 2. The van der Waals surface area contributed by atoms with Crippen LogP contribution in [0.3, 0.4) is 0 Å². The molecule has 146 valence electrons. The third-order valence-corrected chi connectivity index (χ3v) is 5.17. The number of imidazole rings is 1. The summed E-state index contributed by atoms with van der Waals surface area (Å²) in [4.78, 5) is 20.0. The predicted octanol–water partition coefficient (Wildman–Crippen LogP) is 4.55. The molecule has 3 aromatic rings. The second kappa shape index (κ2) is 8.30. The molecule has 0 spiro atoms. The van der Waals surface area contributed by atoms with E-state index in [1.165, 1.54) is 12.3 Å². The number of benzene rings is 2. The maximum Gasteiger partial charge on any atom is 0.271 e. The van der Waals surface area contributed by atoms with Crippen molar-refractivity contribution in [1.29, 1.82) is 0 Å². The lowest BCUT2D eigenvalue weighted by Gasteiger charge is -2.05. The van der Waals surface area contributed by atoms with Crippen LogP contribution in [0.1, 0.15) is 29.8 Å². The number of hydrogen-bond donors (Lipinski definition) is 4. The molecule has 0 atom stereocenters. The summed E-state index contributed by atoms with van der Waals surface area (Å²) in [5.41, 5.74) is 4.41. The molecule has 10 heteroatoms. The van der Waals surface area contributed by atoms with E-state index < -0.39 is 17.4 Å². The number of rotatable bonds is 5. The Bertz CT molecular complexity index is 1080. The Hall–Kier alpha value is -2.42. The van der Waals surface area contributed by atoms with Crippen LogP contribution in [0.5, 0.6) is 11.5 Å². The van der Waals surface area contributed by atoms with Crippen LogP contribution in [-0.2, 0) is 0 Å². The summed E-state index contributed by atoms with van der Waals surface area (Å²) in [7, 11) is 0. The second-order valence-electron chi connectivity index (χ2n) is 6.10. The third-order valence-electron chi connectivity index (χ3n) is 3.64. The van der Waals surface area contributed by atoms with E-state index >= 15 is 0 Å². The number of carbonyl (C=O) groups excluding carboxylic acids is 1. The van der Waals surface area contributed by atoms with E-state index in [1.54, 1.807) is 30.0 Å². The van der Waals surface area contributed by atoms with Crippen LogP contribution in [0.4, 0.5) is 0 Å². The molecule has 4 N–H and O–H groups in total. The third kappa shape index (κ3) is 4.35. The van der Waals surface area contributed by atoms with E-state index in [4.69, 9.17) is 23.2 Å². The number of aromatic hydroxyl groups is 2. The molecule has 0 saturated heterocycles. The van der Waals surface area contributed by atoms with Crippen molar-refractivity contribution in [1.82, 2.24) is 15.4 Å². The normalized spacial score (nSPS) is 11.6. The van der Waals surface area contributed by atoms with E-state index in [2.05, 4.69) is 34.3 Å². The monoisotopic (exact) mass is 438 g/mol. The van der Waals surface area contributed by atoms with E-state index in [9.17, 15) is 15.0 Å². The fourth-order valence-electron chi connectivity index (χ4n) is 2.35. The Morgan fingerprint density at radius 2 is 2.04 bits per heavy atom. The van der Waals surface area contributed by atoms with Crippen LogP contribution in [0.25, 0.3) is 11.0 Å². The number of phenolic OH excluding ortho intramolecular Hbond substituents is 2. The van der Waals surface area contributed by atoms with Crippen molar-refractivity contribution in [3.8, 4) is 11.5 Å². The van der Waals surface area contributed by atoms with Gasteiger partial charge in [0.05, 0.1) is 22.3 Å². The van der Waals surface area contributed by atoms with Crippen molar-refractivity contribution >= 4 is 58.1 Å². The maximum atomic E-state index is 12.3. The number of carbonyl (C=O) groups is 1. The van der Waals surface area contributed by atoms with Gasteiger partial charge in [0.2, 0.25) is 0 Å². The number of nitrogens with one attached hydrogen (secondary N) is 2. The van der Waals surface area contributed by atoms with Gasteiger partial charge in [0.15, 0.2) is 10.9 Å². The van der Waals surface area contributed by atoms with Gasteiger partial charge >= 0.3 is 0 Å². The van der Waals surface area contributed by atoms with Gasteiger partial charge in [-0.2, -0.15) is 5.10 Å². The van der Waals surface area contributed by atoms with Crippen molar-refractivity contribution in [2.24, 2.45) is 5.10 Å². The zero-order valence-electron chi connectivity index (χ0n) is 14.8. The van der Waals surface area contributed by atoms with Crippen molar-refractivity contribution in [3.05, 3.63) is 45.4 Å². The average Bonchev–Trinajstić information content (AvgIpc) is 3.04. The highest BCUT2D eigenvalue weighted by molar-refractivity contribution is 7.99. The number of hydrazone groups is 1.